The molecule has 3 aromatic rings. The van der Waals surface area contributed by atoms with Gasteiger partial charge in [0.25, 0.3) is 0 Å². The molecule has 0 radical (unpaired) electrons. The van der Waals surface area contributed by atoms with Crippen LogP contribution in [0.2, 0.25) is 0 Å². The second kappa shape index (κ2) is 3.21. The Morgan fingerprint density at radius 2 is 1.88 bits per heavy atom. The normalized spacial score (nSPS) is 11.1. The van der Waals surface area contributed by atoms with Crippen LogP contribution in [-0.4, -0.2) is 15.3 Å². The van der Waals surface area contributed by atoms with Gasteiger partial charge >= 0.3 is 0 Å². The highest BCUT2D eigenvalue weighted by Crippen LogP contribution is 2.34. The number of aromatic nitrogens is 2. The van der Waals surface area contributed by atoms with Crippen LogP contribution in [-0.2, 0) is 0 Å². The van der Waals surface area contributed by atoms with Crippen LogP contribution in [0, 0.1) is 0 Å². The Kier molecular flexibility index (Phi) is 1.82. The lowest BCUT2D eigenvalue weighted by atomic mass is 10.0. The molecule has 5 heteroatoms. The van der Waals surface area contributed by atoms with Crippen molar-refractivity contribution in [3.05, 3.63) is 30.3 Å². The average molecular weight is 226 g/mol. The van der Waals surface area contributed by atoms with E-state index in [2.05, 4.69) is 10.2 Å². The van der Waals surface area contributed by atoms with Gasteiger partial charge in [-0.25, -0.2) is 0 Å². The first kappa shape index (κ1) is 9.65. The summed E-state index contributed by atoms with van der Waals surface area (Å²) in [5, 5.41) is 19.9. The maximum absolute atomic E-state index is 9.89. The molecule has 0 amide bonds. The molecule has 2 aromatic carbocycles. The van der Waals surface area contributed by atoms with Crippen molar-refractivity contribution < 1.29 is 5.11 Å². The maximum Gasteiger partial charge on any atom is 0.146 e. The minimum absolute atomic E-state index is 0.159. The molecule has 0 atom stereocenters. The summed E-state index contributed by atoms with van der Waals surface area (Å²) in [5.74, 6) is 0.463. The Balaban J connectivity index is 2.63. The van der Waals surface area contributed by atoms with Gasteiger partial charge in [0.2, 0.25) is 0 Å². The van der Waals surface area contributed by atoms with Crippen LogP contribution in [0.1, 0.15) is 0 Å². The second-order valence-corrected chi connectivity index (χ2v) is 3.87. The van der Waals surface area contributed by atoms with Crippen molar-refractivity contribution in [2.24, 2.45) is 0 Å². The van der Waals surface area contributed by atoms with Crippen LogP contribution in [0.15, 0.2) is 30.3 Å². The molecule has 0 fully saturated rings. The summed E-state index contributed by atoms with van der Waals surface area (Å²) in [4.78, 5) is 0. The zero-order chi connectivity index (χ0) is 12.0. The topological polar surface area (TPSA) is 98.0 Å². The summed E-state index contributed by atoms with van der Waals surface area (Å²) in [6, 6.07) is 8.68. The third kappa shape index (κ3) is 1.32. The van der Waals surface area contributed by atoms with Crippen molar-refractivity contribution in [1.29, 1.82) is 0 Å². The summed E-state index contributed by atoms with van der Waals surface area (Å²) < 4.78 is 0. The molecule has 0 bridgehead atoms. The molecule has 0 spiro atoms. The molecule has 5 N–H and O–H groups in total. The van der Waals surface area contributed by atoms with Gasteiger partial charge in [0.1, 0.15) is 17.1 Å². The van der Waals surface area contributed by atoms with Crippen molar-refractivity contribution in [3.63, 3.8) is 0 Å². The van der Waals surface area contributed by atoms with Crippen LogP contribution in [0.5, 0.6) is 5.75 Å². The van der Waals surface area contributed by atoms with E-state index in [-0.39, 0.29) is 5.75 Å². The molecule has 84 valence electrons. The van der Waals surface area contributed by atoms with Crippen LogP contribution in [0.4, 0.5) is 11.5 Å². The van der Waals surface area contributed by atoms with Crippen molar-refractivity contribution in [1.82, 2.24) is 10.2 Å². The Bertz CT molecular complexity index is 739. The van der Waals surface area contributed by atoms with E-state index in [0.29, 0.717) is 27.8 Å². The Morgan fingerprint density at radius 1 is 1.06 bits per heavy atom. The highest BCUT2D eigenvalue weighted by molar-refractivity contribution is 6.13. The number of phenols is 1. The SMILES string of the molecule is Nc1cc2c(N)cc3cccc(O)c3c2nn1. The fourth-order valence-corrected chi connectivity index (χ4v) is 1.99. The minimum atomic E-state index is 0.159. The number of hydrogen-bond donors (Lipinski definition) is 3. The van der Waals surface area contributed by atoms with E-state index in [1.165, 1.54) is 0 Å². The van der Waals surface area contributed by atoms with Crippen LogP contribution in [0.3, 0.4) is 0 Å². The van der Waals surface area contributed by atoms with E-state index in [1.807, 2.05) is 6.07 Å². The highest BCUT2D eigenvalue weighted by atomic mass is 16.3. The number of fused-ring (bicyclic) bond motifs is 3. The lowest BCUT2D eigenvalue weighted by Gasteiger charge is -2.07. The Labute approximate surface area is 96.7 Å². The maximum atomic E-state index is 9.89. The fourth-order valence-electron chi connectivity index (χ4n) is 1.99. The largest absolute Gasteiger partial charge is 0.507 e. The number of nitrogens with zero attached hydrogens (tertiary/aromatic N) is 2. The number of anilines is 2. The van der Waals surface area contributed by atoms with Crippen LogP contribution < -0.4 is 11.5 Å². The summed E-state index contributed by atoms with van der Waals surface area (Å²) >= 11 is 0. The fraction of sp³-hybridized carbons (Fsp3) is 0. The van der Waals surface area contributed by atoms with Crippen molar-refractivity contribution in [2.75, 3.05) is 11.5 Å². The number of aromatic hydroxyl groups is 1. The minimum Gasteiger partial charge on any atom is -0.507 e. The third-order valence-electron chi connectivity index (χ3n) is 2.75. The summed E-state index contributed by atoms with van der Waals surface area (Å²) in [6.45, 7) is 0. The molecule has 0 aliphatic rings. The van der Waals surface area contributed by atoms with Crippen LogP contribution >= 0.6 is 0 Å². The Hall–Kier alpha value is -2.56. The van der Waals surface area contributed by atoms with E-state index >= 15 is 0 Å². The molecular weight excluding hydrogens is 216 g/mol. The lowest BCUT2D eigenvalue weighted by Crippen LogP contribution is -1.96. The van der Waals surface area contributed by atoms with Gasteiger partial charge in [-0.3, -0.25) is 0 Å². The molecule has 0 unspecified atom stereocenters. The van der Waals surface area contributed by atoms with Gasteiger partial charge in [-0.05, 0) is 23.6 Å². The molecule has 0 saturated carbocycles. The summed E-state index contributed by atoms with van der Waals surface area (Å²) in [6.07, 6.45) is 0. The predicted octanol–water partition coefficient (Wildman–Crippen LogP) is 1.65. The van der Waals surface area contributed by atoms with Crippen LogP contribution in [0.25, 0.3) is 21.7 Å². The Morgan fingerprint density at radius 3 is 2.71 bits per heavy atom. The zero-order valence-electron chi connectivity index (χ0n) is 8.88. The van der Waals surface area contributed by atoms with Gasteiger partial charge in [-0.2, -0.15) is 0 Å². The standard InChI is InChI=1S/C12H10N4O/c13-8-4-6-2-1-3-9(17)11(6)12-7(8)5-10(14)15-16-12/h1-5,17H,13H2,(H2,14,15). The monoisotopic (exact) mass is 226 g/mol. The highest BCUT2D eigenvalue weighted by Gasteiger charge is 2.10. The summed E-state index contributed by atoms with van der Waals surface area (Å²) in [7, 11) is 0. The molecule has 0 saturated heterocycles. The van der Waals surface area contributed by atoms with Crippen molar-refractivity contribution >= 4 is 33.2 Å². The van der Waals surface area contributed by atoms with Crippen molar-refractivity contribution in [3.8, 4) is 5.75 Å². The van der Waals surface area contributed by atoms with Gasteiger partial charge in [0.15, 0.2) is 0 Å². The number of rotatable bonds is 0. The molecular formula is C12H10N4O. The molecule has 5 nitrogen and oxygen atoms in total. The van der Waals surface area contributed by atoms with Gasteiger partial charge in [0, 0.05) is 11.1 Å². The number of phenolic OH excluding ortho intramolecular Hbond substituents is 1. The first-order chi connectivity index (χ1) is 8.16. The first-order valence-corrected chi connectivity index (χ1v) is 5.10. The average Bonchev–Trinajstić information content (AvgIpc) is 2.30. The molecule has 3 rings (SSSR count). The van der Waals surface area contributed by atoms with E-state index in [9.17, 15) is 5.11 Å². The van der Waals surface area contributed by atoms with E-state index < -0.39 is 0 Å². The van der Waals surface area contributed by atoms with Gasteiger partial charge < -0.3 is 16.6 Å². The predicted molar refractivity (Wildman–Crippen MR) is 67.5 cm³/mol. The van der Waals surface area contributed by atoms with Gasteiger partial charge in [-0.1, -0.05) is 12.1 Å². The lowest BCUT2D eigenvalue weighted by molar-refractivity contribution is 0.482. The number of nitrogen functional groups attached to an aromatic ring is 2. The summed E-state index contributed by atoms with van der Waals surface area (Å²) in [5.41, 5.74) is 12.7. The number of nitrogens with two attached hydrogens (primary N) is 2. The first-order valence-electron chi connectivity index (χ1n) is 5.10. The zero-order valence-corrected chi connectivity index (χ0v) is 8.88. The smallest absolute Gasteiger partial charge is 0.146 e. The molecule has 1 aromatic heterocycles. The second-order valence-electron chi connectivity index (χ2n) is 3.87. The van der Waals surface area contributed by atoms with E-state index in [1.54, 1.807) is 24.3 Å². The van der Waals surface area contributed by atoms with Gasteiger partial charge in [0.05, 0.1) is 5.39 Å². The van der Waals surface area contributed by atoms with Crippen molar-refractivity contribution in [2.45, 2.75) is 0 Å². The molecule has 1 heterocycles. The molecule has 17 heavy (non-hydrogen) atoms. The van der Waals surface area contributed by atoms with E-state index in [4.69, 9.17) is 11.5 Å². The molecule has 0 aliphatic carbocycles. The van der Waals surface area contributed by atoms with E-state index in [0.717, 1.165) is 5.39 Å². The molecule has 0 aliphatic heterocycles. The quantitative estimate of drug-likeness (QED) is 0.400. The van der Waals surface area contributed by atoms with Gasteiger partial charge in [-0.15, -0.1) is 10.2 Å². The third-order valence-corrected chi connectivity index (χ3v) is 2.75. The number of hydrogen-bond acceptors (Lipinski definition) is 5. The number of benzene rings is 2.